The molecule has 0 aliphatic carbocycles. The average molecular weight is 334 g/mol. The van der Waals surface area contributed by atoms with Gasteiger partial charge in [0.05, 0.1) is 0 Å². The second-order valence-electron chi connectivity index (χ2n) is 7.22. The number of hydrogen-bond acceptors (Lipinski definition) is 2. The van der Waals surface area contributed by atoms with Crippen molar-refractivity contribution >= 4 is 11.6 Å². The van der Waals surface area contributed by atoms with Gasteiger partial charge < -0.3 is 4.90 Å². The van der Waals surface area contributed by atoms with Gasteiger partial charge in [0.25, 0.3) is 5.91 Å². The molecular formula is C22H26N2O. The Bertz CT molecular complexity index is 730. The Morgan fingerprint density at radius 3 is 2.32 bits per heavy atom. The van der Waals surface area contributed by atoms with E-state index in [2.05, 4.69) is 23.1 Å². The van der Waals surface area contributed by atoms with Crippen molar-refractivity contribution < 1.29 is 4.79 Å². The van der Waals surface area contributed by atoms with Crippen molar-refractivity contribution in [2.45, 2.75) is 38.6 Å². The summed E-state index contributed by atoms with van der Waals surface area (Å²) < 4.78 is 0. The van der Waals surface area contributed by atoms with E-state index >= 15 is 0 Å². The van der Waals surface area contributed by atoms with Gasteiger partial charge in [-0.2, -0.15) is 0 Å². The molecule has 0 N–H and O–H groups in total. The number of amides is 1. The first-order chi connectivity index (χ1) is 12.3. The number of nitrogens with zero attached hydrogens (tertiary/aromatic N) is 2. The van der Waals surface area contributed by atoms with Crippen LogP contribution in [0.15, 0.2) is 48.5 Å². The van der Waals surface area contributed by atoms with Gasteiger partial charge in [-0.3, -0.25) is 9.69 Å². The maximum absolute atomic E-state index is 12.9. The summed E-state index contributed by atoms with van der Waals surface area (Å²) in [5.41, 5.74) is 4.44. The lowest BCUT2D eigenvalue weighted by Gasteiger charge is -2.20. The van der Waals surface area contributed by atoms with Crippen LogP contribution >= 0.6 is 0 Å². The summed E-state index contributed by atoms with van der Waals surface area (Å²) in [6.45, 7) is 4.19. The average Bonchev–Trinajstić information content (AvgIpc) is 2.92. The third-order valence-corrected chi connectivity index (χ3v) is 5.44. The minimum atomic E-state index is 0.117. The lowest BCUT2D eigenvalue weighted by molar-refractivity contribution is 0.0989. The Balaban J connectivity index is 1.44. The van der Waals surface area contributed by atoms with Crippen LogP contribution in [0, 0.1) is 0 Å². The predicted octanol–water partition coefficient (Wildman–Crippen LogP) is 4.27. The minimum absolute atomic E-state index is 0.117. The molecule has 0 atom stereocenters. The van der Waals surface area contributed by atoms with Gasteiger partial charge in [-0.15, -0.1) is 0 Å². The highest BCUT2D eigenvalue weighted by Gasteiger charge is 2.25. The van der Waals surface area contributed by atoms with Crippen LogP contribution in [-0.2, 0) is 13.0 Å². The second-order valence-corrected chi connectivity index (χ2v) is 7.22. The van der Waals surface area contributed by atoms with Crippen molar-refractivity contribution in [2.75, 3.05) is 24.5 Å². The van der Waals surface area contributed by atoms with Gasteiger partial charge in [0.2, 0.25) is 0 Å². The smallest absolute Gasteiger partial charge is 0.258 e. The van der Waals surface area contributed by atoms with Gasteiger partial charge in [0.15, 0.2) is 0 Å². The SMILES string of the molecule is O=C(c1ccc(CN2CCCCCC2)cc1)N1CCc2ccccc21. The normalized spacial score (nSPS) is 18.0. The molecule has 3 heteroatoms. The van der Waals surface area contributed by atoms with E-state index in [0.29, 0.717) is 0 Å². The quantitative estimate of drug-likeness (QED) is 0.837. The van der Waals surface area contributed by atoms with Gasteiger partial charge in [0, 0.05) is 24.3 Å². The van der Waals surface area contributed by atoms with Gasteiger partial charge in [-0.05, 0) is 61.7 Å². The number of anilines is 1. The molecular weight excluding hydrogens is 308 g/mol. The molecule has 4 rings (SSSR count). The zero-order valence-corrected chi connectivity index (χ0v) is 14.8. The number of rotatable bonds is 3. The number of hydrogen-bond donors (Lipinski definition) is 0. The molecule has 0 saturated carbocycles. The number of fused-ring (bicyclic) bond motifs is 1. The van der Waals surface area contributed by atoms with E-state index in [4.69, 9.17) is 0 Å². The van der Waals surface area contributed by atoms with Crippen molar-refractivity contribution in [3.05, 3.63) is 65.2 Å². The molecule has 2 aliphatic rings. The lowest BCUT2D eigenvalue weighted by Crippen LogP contribution is -2.29. The summed E-state index contributed by atoms with van der Waals surface area (Å²) in [7, 11) is 0. The molecule has 130 valence electrons. The Morgan fingerprint density at radius 2 is 1.56 bits per heavy atom. The third kappa shape index (κ3) is 3.62. The van der Waals surface area contributed by atoms with Crippen LogP contribution in [0.25, 0.3) is 0 Å². The summed E-state index contributed by atoms with van der Waals surface area (Å²) in [6, 6.07) is 16.5. The maximum Gasteiger partial charge on any atom is 0.258 e. The molecule has 2 aromatic carbocycles. The molecule has 1 amide bonds. The topological polar surface area (TPSA) is 23.6 Å². The molecule has 3 nitrogen and oxygen atoms in total. The van der Waals surface area contributed by atoms with Crippen LogP contribution in [0.5, 0.6) is 0 Å². The van der Waals surface area contributed by atoms with E-state index in [-0.39, 0.29) is 5.91 Å². The number of carbonyl (C=O) groups excluding carboxylic acids is 1. The van der Waals surface area contributed by atoms with E-state index in [1.165, 1.54) is 49.9 Å². The summed E-state index contributed by atoms with van der Waals surface area (Å²) in [4.78, 5) is 17.3. The zero-order chi connectivity index (χ0) is 17.1. The molecule has 1 saturated heterocycles. The van der Waals surface area contributed by atoms with Crippen LogP contribution < -0.4 is 4.90 Å². The Hall–Kier alpha value is -2.13. The highest BCUT2D eigenvalue weighted by Crippen LogP contribution is 2.28. The molecule has 25 heavy (non-hydrogen) atoms. The molecule has 0 spiro atoms. The summed E-state index contributed by atoms with van der Waals surface area (Å²) in [5.74, 6) is 0.117. The number of benzene rings is 2. The lowest BCUT2D eigenvalue weighted by atomic mass is 10.1. The number of carbonyl (C=O) groups is 1. The van der Waals surface area contributed by atoms with Crippen molar-refractivity contribution in [3.8, 4) is 0 Å². The minimum Gasteiger partial charge on any atom is -0.308 e. The van der Waals surface area contributed by atoms with Crippen LogP contribution in [0.3, 0.4) is 0 Å². The molecule has 1 fully saturated rings. The first-order valence-corrected chi connectivity index (χ1v) is 9.52. The molecule has 0 unspecified atom stereocenters. The van der Waals surface area contributed by atoms with Gasteiger partial charge >= 0.3 is 0 Å². The molecule has 2 aromatic rings. The van der Waals surface area contributed by atoms with Crippen molar-refractivity contribution in [1.82, 2.24) is 4.90 Å². The van der Waals surface area contributed by atoms with Crippen LogP contribution in [0.4, 0.5) is 5.69 Å². The Kier molecular flexibility index (Phi) is 4.84. The summed E-state index contributed by atoms with van der Waals surface area (Å²) in [6.07, 6.45) is 6.30. The highest BCUT2D eigenvalue weighted by molar-refractivity contribution is 6.07. The van der Waals surface area contributed by atoms with Crippen LogP contribution in [-0.4, -0.2) is 30.4 Å². The second kappa shape index (κ2) is 7.40. The zero-order valence-electron chi connectivity index (χ0n) is 14.8. The molecule has 0 aromatic heterocycles. The van der Waals surface area contributed by atoms with Gasteiger partial charge in [-0.25, -0.2) is 0 Å². The fraction of sp³-hybridized carbons (Fsp3) is 0.409. The van der Waals surface area contributed by atoms with E-state index in [9.17, 15) is 4.79 Å². The van der Waals surface area contributed by atoms with E-state index < -0.39 is 0 Å². The molecule has 2 aliphatic heterocycles. The number of likely N-dealkylation sites (tertiary alicyclic amines) is 1. The van der Waals surface area contributed by atoms with Crippen LogP contribution in [0.1, 0.15) is 47.2 Å². The monoisotopic (exact) mass is 334 g/mol. The van der Waals surface area contributed by atoms with E-state index in [1.807, 2.05) is 35.2 Å². The summed E-state index contributed by atoms with van der Waals surface area (Å²) in [5, 5.41) is 0. The predicted molar refractivity (Wildman–Crippen MR) is 102 cm³/mol. The molecule has 0 bridgehead atoms. The van der Waals surface area contributed by atoms with Crippen molar-refractivity contribution in [3.63, 3.8) is 0 Å². The fourth-order valence-corrected chi connectivity index (χ4v) is 4.01. The van der Waals surface area contributed by atoms with E-state index in [1.54, 1.807) is 0 Å². The Labute approximate surface area is 150 Å². The van der Waals surface area contributed by atoms with Crippen LogP contribution in [0.2, 0.25) is 0 Å². The fourth-order valence-electron chi connectivity index (χ4n) is 4.01. The molecule has 2 heterocycles. The number of para-hydroxylation sites is 1. The van der Waals surface area contributed by atoms with Crippen molar-refractivity contribution in [1.29, 1.82) is 0 Å². The van der Waals surface area contributed by atoms with Gasteiger partial charge in [-0.1, -0.05) is 43.2 Å². The van der Waals surface area contributed by atoms with Gasteiger partial charge in [0.1, 0.15) is 0 Å². The largest absolute Gasteiger partial charge is 0.308 e. The Morgan fingerprint density at radius 1 is 0.840 bits per heavy atom. The maximum atomic E-state index is 12.9. The van der Waals surface area contributed by atoms with Crippen molar-refractivity contribution in [2.24, 2.45) is 0 Å². The van der Waals surface area contributed by atoms with E-state index in [0.717, 1.165) is 30.8 Å². The highest BCUT2D eigenvalue weighted by atomic mass is 16.2. The standard InChI is InChI=1S/C22H26N2O/c25-22(24-16-13-19-7-3-4-8-21(19)24)20-11-9-18(10-12-20)17-23-14-5-1-2-6-15-23/h3-4,7-12H,1-2,5-6,13-17H2. The molecule has 0 radical (unpaired) electrons. The first-order valence-electron chi connectivity index (χ1n) is 9.52. The first kappa shape index (κ1) is 16.3. The third-order valence-electron chi connectivity index (χ3n) is 5.44. The summed E-state index contributed by atoms with van der Waals surface area (Å²) >= 11 is 0.